The van der Waals surface area contributed by atoms with Crippen molar-refractivity contribution in [2.45, 2.75) is 55.9 Å². The lowest BCUT2D eigenvalue weighted by molar-refractivity contribution is 0.255. The van der Waals surface area contributed by atoms with Crippen LogP contribution < -0.4 is 10.2 Å². The molecule has 0 amide bonds. The number of piperazine rings is 1. The molecule has 8 rings (SSSR count). The first kappa shape index (κ1) is 26.4. The van der Waals surface area contributed by atoms with E-state index in [4.69, 9.17) is 11.4 Å². The first-order valence-electron chi connectivity index (χ1n) is 14.9. The van der Waals surface area contributed by atoms with Gasteiger partial charge in [0.25, 0.3) is 0 Å². The minimum Gasteiger partial charge on any atom is -0.353 e. The number of pyridine rings is 1. The summed E-state index contributed by atoms with van der Waals surface area (Å²) in [6.07, 6.45) is 10.6. The number of benzene rings is 2. The zero-order valence-corrected chi connectivity index (χ0v) is 23.5. The van der Waals surface area contributed by atoms with Crippen LogP contribution >= 0.6 is 0 Å². The van der Waals surface area contributed by atoms with Crippen LogP contribution in [0.3, 0.4) is 0 Å². The molecule has 4 fully saturated rings. The van der Waals surface area contributed by atoms with Crippen LogP contribution in [-0.4, -0.2) is 69.8 Å². The lowest BCUT2D eigenvalue weighted by Crippen LogP contribution is -2.51. The molecule has 4 aromatic rings. The molecule has 1 N–H and O–H groups in total. The SMILES string of the molecule is C#Cc1c(F)ccc2cccc(-c3ncc4c(N5C[C@H]6CC[C@@H](C5)N6)nc(C#CC56CCCN5CC(F)C6)nc4c3F)c12. The van der Waals surface area contributed by atoms with Crippen molar-refractivity contribution in [3.63, 3.8) is 0 Å². The molecule has 0 saturated carbocycles. The van der Waals surface area contributed by atoms with Crippen LogP contribution in [0.2, 0.25) is 0 Å². The van der Waals surface area contributed by atoms with Crippen molar-refractivity contribution in [2.24, 2.45) is 0 Å². The fourth-order valence-electron chi connectivity index (χ4n) is 7.66. The van der Waals surface area contributed by atoms with Crippen LogP contribution in [0.5, 0.6) is 0 Å². The highest BCUT2D eigenvalue weighted by molar-refractivity contribution is 6.02. The van der Waals surface area contributed by atoms with Gasteiger partial charge >= 0.3 is 0 Å². The molecule has 2 unspecified atom stereocenters. The number of hydrogen-bond donors (Lipinski definition) is 1. The predicted molar refractivity (Wildman–Crippen MR) is 160 cm³/mol. The number of hydrogen-bond acceptors (Lipinski definition) is 6. The second kappa shape index (κ2) is 9.94. The van der Waals surface area contributed by atoms with Crippen LogP contribution in [0.15, 0.2) is 36.5 Å². The van der Waals surface area contributed by atoms with Gasteiger partial charge in [-0.05, 0) is 49.6 Å². The minimum atomic E-state index is -0.913. The third-order valence-corrected chi connectivity index (χ3v) is 9.58. The number of nitrogens with zero attached hydrogens (tertiary/aromatic N) is 5. The lowest BCUT2D eigenvalue weighted by Gasteiger charge is -2.34. The van der Waals surface area contributed by atoms with E-state index in [0.717, 1.165) is 45.3 Å². The molecule has 4 saturated heterocycles. The van der Waals surface area contributed by atoms with Crippen molar-refractivity contribution in [2.75, 3.05) is 31.1 Å². The highest BCUT2D eigenvalue weighted by Gasteiger charge is 2.47. The molecular formula is C34H29F3N6. The Bertz CT molecular complexity index is 1900. The van der Waals surface area contributed by atoms with Gasteiger partial charge in [0.2, 0.25) is 5.82 Å². The van der Waals surface area contributed by atoms with Crippen molar-refractivity contribution in [3.05, 3.63) is 59.6 Å². The summed E-state index contributed by atoms with van der Waals surface area (Å²) < 4.78 is 45.8. The van der Waals surface area contributed by atoms with Gasteiger partial charge in [0.05, 0.1) is 16.5 Å². The number of rotatable bonds is 2. The smallest absolute Gasteiger partial charge is 0.207 e. The molecular weight excluding hydrogens is 549 g/mol. The molecule has 9 heteroatoms. The highest BCUT2D eigenvalue weighted by atomic mass is 19.1. The third kappa shape index (κ3) is 4.25. The molecule has 43 heavy (non-hydrogen) atoms. The number of fused-ring (bicyclic) bond motifs is 5. The fraction of sp³-hybridized carbons (Fsp3) is 0.382. The molecule has 2 aromatic heterocycles. The molecule has 2 aromatic carbocycles. The van der Waals surface area contributed by atoms with Crippen molar-refractivity contribution in [3.8, 4) is 35.4 Å². The second-order valence-corrected chi connectivity index (χ2v) is 12.2. The monoisotopic (exact) mass is 578 g/mol. The summed E-state index contributed by atoms with van der Waals surface area (Å²) in [6, 6.07) is 8.86. The van der Waals surface area contributed by atoms with Crippen LogP contribution in [0.1, 0.15) is 43.5 Å². The Balaban J connectivity index is 1.32. The molecule has 0 aliphatic carbocycles. The molecule has 0 radical (unpaired) electrons. The first-order chi connectivity index (χ1) is 20.9. The van der Waals surface area contributed by atoms with Gasteiger partial charge in [-0.15, -0.1) is 6.42 Å². The Kier molecular flexibility index (Phi) is 6.11. The maximum Gasteiger partial charge on any atom is 0.207 e. The van der Waals surface area contributed by atoms with Crippen molar-refractivity contribution in [1.82, 2.24) is 25.2 Å². The number of nitrogens with one attached hydrogen (secondary N) is 1. The van der Waals surface area contributed by atoms with E-state index in [-0.39, 0.29) is 22.6 Å². The summed E-state index contributed by atoms with van der Waals surface area (Å²) in [6.45, 7) is 2.66. The second-order valence-electron chi connectivity index (χ2n) is 12.2. The zero-order valence-electron chi connectivity index (χ0n) is 23.5. The van der Waals surface area contributed by atoms with Gasteiger partial charge < -0.3 is 10.2 Å². The van der Waals surface area contributed by atoms with Gasteiger partial charge in [0, 0.05) is 55.3 Å². The number of terminal acetylenes is 1. The number of halogens is 3. The molecule has 6 heterocycles. The first-order valence-corrected chi connectivity index (χ1v) is 14.9. The summed E-state index contributed by atoms with van der Waals surface area (Å²) in [5.74, 6) is 8.47. The fourth-order valence-corrected chi connectivity index (χ4v) is 7.66. The Labute approximate surface area is 247 Å². The van der Waals surface area contributed by atoms with E-state index in [1.165, 1.54) is 6.07 Å². The zero-order chi connectivity index (χ0) is 29.3. The third-order valence-electron chi connectivity index (χ3n) is 9.58. The molecule has 0 spiro atoms. The van der Waals surface area contributed by atoms with E-state index >= 15 is 4.39 Å². The van der Waals surface area contributed by atoms with E-state index < -0.39 is 23.3 Å². The van der Waals surface area contributed by atoms with Crippen LogP contribution in [-0.2, 0) is 0 Å². The maximum absolute atomic E-state index is 16.7. The number of aromatic nitrogens is 3. The van der Waals surface area contributed by atoms with Crippen LogP contribution in [0.4, 0.5) is 19.0 Å². The van der Waals surface area contributed by atoms with E-state index in [2.05, 4.69) is 42.8 Å². The Hall–Kier alpha value is -4.18. The summed E-state index contributed by atoms with van der Waals surface area (Å²) in [5.41, 5.74) is 0.0332. The minimum absolute atomic E-state index is 0.0285. The van der Waals surface area contributed by atoms with Crippen LogP contribution in [0, 0.1) is 35.8 Å². The van der Waals surface area contributed by atoms with Gasteiger partial charge in [-0.25, -0.2) is 23.1 Å². The average molecular weight is 579 g/mol. The quantitative estimate of drug-likeness (QED) is 0.339. The summed E-state index contributed by atoms with van der Waals surface area (Å²) in [4.78, 5) is 18.3. The van der Waals surface area contributed by atoms with E-state index in [1.54, 1.807) is 30.5 Å². The standard InChI is InChI=1S/C34H29F3N6/c1-2-24-27(36)10-7-20-5-3-6-25(29(20)24)31-30(37)32-26(16-38-31)33(42-18-22-8-9-23(19-42)39-22)41-28(40-32)11-13-34-12-4-14-43(34)17-21(35)15-34/h1,3,5-7,10,16,21-23,39H,4,8-9,12,14-15,17-19H2/t21?,22-,23+,34?. The predicted octanol–water partition coefficient (Wildman–Crippen LogP) is 4.97. The Morgan fingerprint density at radius 3 is 2.70 bits per heavy atom. The highest BCUT2D eigenvalue weighted by Crippen LogP contribution is 2.40. The summed E-state index contributed by atoms with van der Waals surface area (Å²) in [7, 11) is 0. The number of anilines is 1. The lowest BCUT2D eigenvalue weighted by atomic mass is 9.94. The molecule has 2 bridgehead atoms. The Morgan fingerprint density at radius 1 is 1.05 bits per heavy atom. The van der Waals surface area contributed by atoms with E-state index in [0.29, 0.717) is 52.6 Å². The van der Waals surface area contributed by atoms with Gasteiger partial charge in [-0.3, -0.25) is 9.88 Å². The van der Waals surface area contributed by atoms with Crippen molar-refractivity contribution >= 4 is 27.5 Å². The van der Waals surface area contributed by atoms with Gasteiger partial charge in [0.15, 0.2) is 5.82 Å². The van der Waals surface area contributed by atoms with Crippen LogP contribution in [0.25, 0.3) is 32.9 Å². The Morgan fingerprint density at radius 2 is 1.88 bits per heavy atom. The van der Waals surface area contributed by atoms with Crippen molar-refractivity contribution in [1.29, 1.82) is 0 Å². The number of alkyl halides is 1. The van der Waals surface area contributed by atoms with Crippen molar-refractivity contribution < 1.29 is 13.2 Å². The summed E-state index contributed by atoms with van der Waals surface area (Å²) in [5, 5.41) is 5.22. The maximum atomic E-state index is 16.7. The largest absolute Gasteiger partial charge is 0.353 e. The summed E-state index contributed by atoms with van der Waals surface area (Å²) >= 11 is 0. The van der Waals surface area contributed by atoms with Gasteiger partial charge in [-0.1, -0.05) is 36.1 Å². The van der Waals surface area contributed by atoms with E-state index in [1.807, 2.05) is 0 Å². The molecule has 4 aliphatic rings. The molecule has 6 nitrogen and oxygen atoms in total. The molecule has 4 aliphatic heterocycles. The van der Waals surface area contributed by atoms with Gasteiger partial charge in [0.1, 0.15) is 29.0 Å². The van der Waals surface area contributed by atoms with E-state index in [9.17, 15) is 8.78 Å². The van der Waals surface area contributed by atoms with Gasteiger partial charge in [-0.2, -0.15) is 0 Å². The average Bonchev–Trinajstić information content (AvgIpc) is 3.66. The molecule has 216 valence electrons. The molecule has 4 atom stereocenters. The normalized spacial score (nSPS) is 26.5. The topological polar surface area (TPSA) is 57.2 Å².